The molecule has 4 N–H and O–H groups in total. The van der Waals surface area contributed by atoms with E-state index in [2.05, 4.69) is 10.6 Å². The number of nitrogens with two attached hydrogens (primary N) is 1. The number of aryl methyl sites for hydroxylation is 1. The Morgan fingerprint density at radius 3 is 2.95 bits per heavy atom. The number of rotatable bonds is 5. The smallest absolute Gasteiger partial charge is 0.340 e. The molecule has 1 saturated heterocycles. The van der Waals surface area contributed by atoms with Gasteiger partial charge in [-0.15, -0.1) is 11.3 Å². The lowest BCUT2D eigenvalue weighted by Gasteiger charge is -2.19. The van der Waals surface area contributed by atoms with Crippen LogP contribution in [0.2, 0.25) is 0 Å². The van der Waals surface area contributed by atoms with Gasteiger partial charge in [0.2, 0.25) is 5.91 Å². The molecular formula is C14H20N3O4S+. The highest BCUT2D eigenvalue weighted by Gasteiger charge is 2.28. The van der Waals surface area contributed by atoms with Crippen molar-refractivity contribution >= 4 is 34.1 Å². The van der Waals surface area contributed by atoms with E-state index >= 15 is 0 Å². The molecule has 1 fully saturated rings. The van der Waals surface area contributed by atoms with Crippen molar-refractivity contribution < 1.29 is 24.4 Å². The summed E-state index contributed by atoms with van der Waals surface area (Å²) in [6, 6.07) is 1.31. The van der Waals surface area contributed by atoms with Crippen LogP contribution < -0.4 is 16.0 Å². The van der Waals surface area contributed by atoms with Crippen LogP contribution in [0.5, 0.6) is 0 Å². The molecule has 1 aliphatic rings. The number of piperazine rings is 1. The lowest BCUT2D eigenvalue weighted by molar-refractivity contribution is -0.678. The summed E-state index contributed by atoms with van der Waals surface area (Å²) in [5, 5.41) is 7.79. The molecule has 1 atom stereocenters. The number of hydrogen-bond acceptors (Lipinski definition) is 5. The van der Waals surface area contributed by atoms with Crippen molar-refractivity contribution in [1.29, 1.82) is 0 Å². The molecule has 0 aromatic carbocycles. The number of methoxy groups -OCH3 is 1. The molecule has 0 spiro atoms. The Hall–Kier alpha value is -1.93. The molecule has 1 aromatic rings. The summed E-state index contributed by atoms with van der Waals surface area (Å²) in [5.41, 5.74) is 0.356. The molecule has 2 rings (SSSR count). The first kappa shape index (κ1) is 16.4. The molecule has 0 radical (unpaired) electrons. The first-order valence-corrected chi connectivity index (χ1v) is 7.98. The fraction of sp³-hybridized carbons (Fsp3) is 0.500. The summed E-state index contributed by atoms with van der Waals surface area (Å²) in [5.74, 6) is -0.892. The van der Waals surface area contributed by atoms with Crippen molar-refractivity contribution in [3.8, 4) is 0 Å². The Morgan fingerprint density at radius 2 is 2.32 bits per heavy atom. The highest BCUT2D eigenvalue weighted by atomic mass is 32.1. The van der Waals surface area contributed by atoms with Crippen molar-refractivity contribution in [1.82, 2.24) is 5.32 Å². The molecular weight excluding hydrogens is 306 g/mol. The number of anilines is 1. The molecule has 0 aliphatic carbocycles. The van der Waals surface area contributed by atoms with E-state index < -0.39 is 12.0 Å². The van der Waals surface area contributed by atoms with E-state index in [0.717, 1.165) is 17.8 Å². The van der Waals surface area contributed by atoms with Crippen LogP contribution in [0.4, 0.5) is 5.00 Å². The minimum atomic E-state index is -0.478. The van der Waals surface area contributed by atoms with Crippen LogP contribution in [0.25, 0.3) is 0 Å². The topological polar surface area (TPSA) is 101 Å². The molecule has 7 nitrogen and oxygen atoms in total. The van der Waals surface area contributed by atoms with E-state index in [-0.39, 0.29) is 18.2 Å². The predicted octanol–water partition coefficient (Wildman–Crippen LogP) is -0.512. The van der Waals surface area contributed by atoms with Gasteiger partial charge in [-0.25, -0.2) is 4.79 Å². The summed E-state index contributed by atoms with van der Waals surface area (Å²) in [4.78, 5) is 36.5. The van der Waals surface area contributed by atoms with Gasteiger partial charge in [-0.1, -0.05) is 6.92 Å². The van der Waals surface area contributed by atoms with Gasteiger partial charge in [-0.05, 0) is 12.5 Å². The fourth-order valence-electron chi connectivity index (χ4n) is 2.24. The van der Waals surface area contributed by atoms with E-state index in [0.29, 0.717) is 17.1 Å². The van der Waals surface area contributed by atoms with Gasteiger partial charge in [0, 0.05) is 4.88 Å². The third-order valence-corrected chi connectivity index (χ3v) is 4.62. The summed E-state index contributed by atoms with van der Waals surface area (Å²) in [6.07, 6.45) is 0.842. The number of hydrogen-bond donors (Lipinski definition) is 3. The number of ether oxygens (including phenoxy) is 1. The van der Waals surface area contributed by atoms with Crippen molar-refractivity contribution in [2.45, 2.75) is 25.8 Å². The first-order valence-electron chi connectivity index (χ1n) is 7.17. The van der Waals surface area contributed by atoms with Crippen molar-refractivity contribution in [3.63, 3.8) is 0 Å². The van der Waals surface area contributed by atoms with E-state index in [1.807, 2.05) is 12.2 Å². The number of carbonyl (C=O) groups is 3. The van der Waals surface area contributed by atoms with Gasteiger partial charge in [0.25, 0.3) is 5.91 Å². The number of carbonyl (C=O) groups excluding carboxylic acids is 3. The third-order valence-electron chi connectivity index (χ3n) is 3.43. The second-order valence-corrected chi connectivity index (χ2v) is 6.11. The SMILES string of the molecule is CCc1cc(C(=O)OC)c(NC(=O)CC2[NH2+]CCNC2=O)s1. The molecule has 0 saturated carbocycles. The third kappa shape index (κ3) is 3.83. The van der Waals surface area contributed by atoms with Crippen LogP contribution in [0.1, 0.15) is 28.6 Å². The highest BCUT2D eigenvalue weighted by Crippen LogP contribution is 2.29. The van der Waals surface area contributed by atoms with Crippen LogP contribution in [0.3, 0.4) is 0 Å². The fourth-order valence-corrected chi connectivity index (χ4v) is 3.24. The number of quaternary nitrogens is 1. The normalized spacial score (nSPS) is 17.7. The lowest BCUT2D eigenvalue weighted by Crippen LogP contribution is -2.96. The summed E-state index contributed by atoms with van der Waals surface area (Å²) >= 11 is 1.35. The molecule has 2 heterocycles. The van der Waals surface area contributed by atoms with Crippen molar-refractivity contribution in [3.05, 3.63) is 16.5 Å². The standard InChI is InChI=1S/C14H19N3O4S/c1-3-8-6-9(14(20)21-2)13(22-8)17-11(18)7-10-12(19)16-5-4-15-10/h6,10,15H,3-5,7H2,1-2H3,(H,16,19)(H,17,18)/p+1. The minimum Gasteiger partial charge on any atom is -0.465 e. The van der Waals surface area contributed by atoms with Crippen molar-refractivity contribution in [2.75, 3.05) is 25.5 Å². The van der Waals surface area contributed by atoms with Gasteiger partial charge in [-0.2, -0.15) is 0 Å². The molecule has 120 valence electrons. The average molecular weight is 326 g/mol. The molecule has 8 heteroatoms. The summed E-state index contributed by atoms with van der Waals surface area (Å²) < 4.78 is 4.73. The van der Waals surface area contributed by atoms with Gasteiger partial charge in [-0.3, -0.25) is 9.59 Å². The second-order valence-electron chi connectivity index (χ2n) is 4.97. The maximum Gasteiger partial charge on any atom is 0.340 e. The number of esters is 1. The molecule has 1 aliphatic heterocycles. The first-order chi connectivity index (χ1) is 10.5. The molecule has 1 aromatic heterocycles. The summed E-state index contributed by atoms with van der Waals surface area (Å²) in [7, 11) is 1.30. The van der Waals surface area contributed by atoms with E-state index in [1.54, 1.807) is 6.07 Å². The van der Waals surface area contributed by atoms with Gasteiger partial charge in [0.05, 0.1) is 32.2 Å². The largest absolute Gasteiger partial charge is 0.465 e. The number of amides is 2. The lowest BCUT2D eigenvalue weighted by atomic mass is 10.1. The van der Waals surface area contributed by atoms with Gasteiger partial charge in [0.1, 0.15) is 5.00 Å². The molecule has 2 amide bonds. The zero-order valence-corrected chi connectivity index (χ0v) is 13.4. The Labute approximate surface area is 132 Å². The van der Waals surface area contributed by atoms with E-state index in [1.165, 1.54) is 18.4 Å². The van der Waals surface area contributed by atoms with Crippen LogP contribution in [0.15, 0.2) is 6.07 Å². The van der Waals surface area contributed by atoms with E-state index in [4.69, 9.17) is 4.74 Å². The quantitative estimate of drug-likeness (QED) is 0.634. The monoisotopic (exact) mass is 326 g/mol. The van der Waals surface area contributed by atoms with Gasteiger partial charge in [0.15, 0.2) is 6.04 Å². The minimum absolute atomic E-state index is 0.0752. The van der Waals surface area contributed by atoms with Gasteiger partial charge < -0.3 is 20.7 Å². The average Bonchev–Trinajstić information content (AvgIpc) is 2.91. The Bertz CT molecular complexity index is 585. The van der Waals surface area contributed by atoms with Crippen LogP contribution in [-0.4, -0.2) is 44.0 Å². The van der Waals surface area contributed by atoms with Crippen LogP contribution >= 0.6 is 11.3 Å². The summed E-state index contributed by atoms with van der Waals surface area (Å²) in [6.45, 7) is 3.35. The predicted molar refractivity (Wildman–Crippen MR) is 81.9 cm³/mol. The highest BCUT2D eigenvalue weighted by molar-refractivity contribution is 7.16. The number of nitrogens with one attached hydrogen (secondary N) is 2. The maximum absolute atomic E-state index is 12.1. The zero-order valence-electron chi connectivity index (χ0n) is 12.6. The molecule has 0 bridgehead atoms. The Balaban J connectivity index is 2.05. The van der Waals surface area contributed by atoms with Gasteiger partial charge >= 0.3 is 5.97 Å². The van der Waals surface area contributed by atoms with Crippen LogP contribution in [-0.2, 0) is 20.7 Å². The second kappa shape index (κ2) is 7.37. The Kier molecular flexibility index (Phi) is 5.51. The maximum atomic E-state index is 12.1. The number of thiophene rings is 1. The zero-order chi connectivity index (χ0) is 16.1. The Morgan fingerprint density at radius 1 is 1.55 bits per heavy atom. The van der Waals surface area contributed by atoms with E-state index in [9.17, 15) is 14.4 Å². The molecule has 22 heavy (non-hydrogen) atoms. The van der Waals surface area contributed by atoms with Crippen LogP contribution in [0, 0.1) is 0 Å². The molecule has 1 unspecified atom stereocenters. The van der Waals surface area contributed by atoms with Crippen molar-refractivity contribution in [2.24, 2.45) is 0 Å².